The van der Waals surface area contributed by atoms with Crippen LogP contribution in [0.25, 0.3) is 0 Å². The maximum atomic E-state index is 12.9. The molecule has 1 fully saturated rings. The van der Waals surface area contributed by atoms with E-state index in [0.29, 0.717) is 24.9 Å². The van der Waals surface area contributed by atoms with Crippen molar-refractivity contribution in [2.75, 3.05) is 40.4 Å². The molecule has 1 heterocycles. The van der Waals surface area contributed by atoms with E-state index in [1.165, 1.54) is 28.4 Å². The number of hydrogen-bond acceptors (Lipinski definition) is 5. The second-order valence-electron chi connectivity index (χ2n) is 6.41. The summed E-state index contributed by atoms with van der Waals surface area (Å²) in [5.41, 5.74) is -0.638. The van der Waals surface area contributed by atoms with Gasteiger partial charge in [-0.25, -0.2) is 8.42 Å². The number of nitrogens with zero attached hydrogens (tertiary/aromatic N) is 2. The van der Waals surface area contributed by atoms with Gasteiger partial charge in [-0.1, -0.05) is 6.07 Å². The van der Waals surface area contributed by atoms with Gasteiger partial charge in [0.2, 0.25) is 10.0 Å². The molecule has 0 saturated carbocycles. The minimum Gasteiger partial charge on any atom is -0.387 e. The summed E-state index contributed by atoms with van der Waals surface area (Å²) >= 11 is 0. The Bertz CT molecular complexity index is 712. The van der Waals surface area contributed by atoms with Gasteiger partial charge in [0.1, 0.15) is 0 Å². The Kier molecular flexibility index (Phi) is 6.21. The average Bonchev–Trinajstić information content (AvgIpc) is 2.61. The Labute approximate surface area is 149 Å². The smallest absolute Gasteiger partial charge is 0.253 e. The van der Waals surface area contributed by atoms with Crippen LogP contribution < -0.4 is 0 Å². The summed E-state index contributed by atoms with van der Waals surface area (Å²) in [4.78, 5) is 13.9. The van der Waals surface area contributed by atoms with Crippen molar-refractivity contribution < 1.29 is 23.1 Å². The number of piperidine rings is 1. The van der Waals surface area contributed by atoms with E-state index in [1.807, 2.05) is 6.92 Å². The molecular formula is C17H26N2O5S. The van der Waals surface area contributed by atoms with Gasteiger partial charge in [-0.05, 0) is 38.0 Å². The Balaban J connectivity index is 2.19. The number of ether oxygens (including phenoxy) is 1. The molecule has 1 aliphatic rings. The molecule has 2 rings (SSSR count). The molecule has 1 aromatic carbocycles. The van der Waals surface area contributed by atoms with Gasteiger partial charge in [0, 0.05) is 39.4 Å². The Morgan fingerprint density at radius 1 is 1.36 bits per heavy atom. The molecule has 0 atom stereocenters. The molecule has 1 saturated heterocycles. The Morgan fingerprint density at radius 3 is 2.56 bits per heavy atom. The summed E-state index contributed by atoms with van der Waals surface area (Å²) in [6, 6.07) is 6.10. The van der Waals surface area contributed by atoms with E-state index in [1.54, 1.807) is 19.2 Å². The molecule has 0 bridgehead atoms. The van der Waals surface area contributed by atoms with E-state index in [2.05, 4.69) is 0 Å². The topological polar surface area (TPSA) is 87.2 Å². The molecule has 1 aliphatic heterocycles. The summed E-state index contributed by atoms with van der Waals surface area (Å²) in [6.07, 6.45) is 0.633. The first-order chi connectivity index (χ1) is 11.7. The molecule has 8 heteroatoms. The average molecular weight is 370 g/mol. The number of carbonyl (C=O) groups is 1. The van der Waals surface area contributed by atoms with Crippen molar-refractivity contribution >= 4 is 15.9 Å². The van der Waals surface area contributed by atoms with E-state index in [-0.39, 0.29) is 30.5 Å². The van der Waals surface area contributed by atoms with Gasteiger partial charge in [-0.15, -0.1) is 0 Å². The summed E-state index contributed by atoms with van der Waals surface area (Å²) < 4.78 is 32.1. The molecule has 25 heavy (non-hydrogen) atoms. The van der Waals surface area contributed by atoms with Crippen LogP contribution in [0.3, 0.4) is 0 Å². The lowest BCUT2D eigenvalue weighted by Gasteiger charge is -2.37. The van der Waals surface area contributed by atoms with Crippen LogP contribution in [0.1, 0.15) is 30.1 Å². The predicted molar refractivity (Wildman–Crippen MR) is 93.9 cm³/mol. The van der Waals surface area contributed by atoms with Crippen LogP contribution in [0.4, 0.5) is 0 Å². The number of benzene rings is 1. The monoisotopic (exact) mass is 370 g/mol. The van der Waals surface area contributed by atoms with E-state index in [9.17, 15) is 18.3 Å². The second-order valence-corrected chi connectivity index (χ2v) is 8.35. The van der Waals surface area contributed by atoms with Crippen molar-refractivity contribution in [1.82, 2.24) is 9.21 Å². The fourth-order valence-corrected chi connectivity index (χ4v) is 4.35. The zero-order valence-corrected chi connectivity index (χ0v) is 15.8. The van der Waals surface area contributed by atoms with Gasteiger partial charge in [-0.2, -0.15) is 4.31 Å². The van der Waals surface area contributed by atoms with Crippen molar-refractivity contribution in [3.63, 3.8) is 0 Å². The van der Waals surface area contributed by atoms with Gasteiger partial charge >= 0.3 is 0 Å². The van der Waals surface area contributed by atoms with E-state index < -0.39 is 15.6 Å². The third-order valence-corrected chi connectivity index (χ3v) is 6.50. The van der Waals surface area contributed by atoms with Crippen LogP contribution in [0.5, 0.6) is 0 Å². The molecule has 1 N–H and O–H groups in total. The van der Waals surface area contributed by atoms with Crippen molar-refractivity contribution in [1.29, 1.82) is 0 Å². The molecule has 0 aromatic heterocycles. The Hall–Kier alpha value is -1.48. The molecular weight excluding hydrogens is 344 g/mol. The van der Waals surface area contributed by atoms with Gasteiger partial charge < -0.3 is 14.7 Å². The van der Waals surface area contributed by atoms with Gasteiger partial charge in [0.25, 0.3) is 5.91 Å². The highest BCUT2D eigenvalue weighted by atomic mass is 32.2. The molecule has 1 aromatic rings. The van der Waals surface area contributed by atoms with Crippen LogP contribution >= 0.6 is 0 Å². The molecule has 0 radical (unpaired) electrons. The molecule has 140 valence electrons. The minimum absolute atomic E-state index is 0.0973. The highest BCUT2D eigenvalue weighted by Gasteiger charge is 2.37. The number of hydrogen-bond donors (Lipinski definition) is 1. The predicted octanol–water partition coefficient (Wildman–Crippen LogP) is 0.940. The SMILES string of the molecule is CCN(C)C(=O)c1cccc(S(=O)(=O)N2CCC(O)(COC)CC2)c1. The van der Waals surface area contributed by atoms with Crippen LogP contribution in [-0.2, 0) is 14.8 Å². The van der Waals surface area contributed by atoms with Gasteiger partial charge in [0.15, 0.2) is 0 Å². The summed E-state index contributed by atoms with van der Waals surface area (Å²) in [6.45, 7) is 3.02. The number of sulfonamides is 1. The zero-order chi connectivity index (χ0) is 18.7. The minimum atomic E-state index is -3.70. The maximum absolute atomic E-state index is 12.9. The van der Waals surface area contributed by atoms with Crippen molar-refractivity contribution in [2.45, 2.75) is 30.3 Å². The van der Waals surface area contributed by atoms with Crippen molar-refractivity contribution in [3.8, 4) is 0 Å². The first-order valence-electron chi connectivity index (χ1n) is 8.30. The Morgan fingerprint density at radius 2 is 2.00 bits per heavy atom. The molecule has 1 amide bonds. The fraction of sp³-hybridized carbons (Fsp3) is 0.588. The van der Waals surface area contributed by atoms with E-state index >= 15 is 0 Å². The number of methoxy groups -OCH3 is 1. The quantitative estimate of drug-likeness (QED) is 0.805. The lowest BCUT2D eigenvalue weighted by Crippen LogP contribution is -2.48. The summed E-state index contributed by atoms with van der Waals surface area (Å²) in [5.74, 6) is -0.215. The van der Waals surface area contributed by atoms with Crippen LogP contribution in [0.2, 0.25) is 0 Å². The molecule has 0 spiro atoms. The lowest BCUT2D eigenvalue weighted by atomic mass is 9.94. The normalized spacial score (nSPS) is 18.1. The number of amides is 1. The summed E-state index contributed by atoms with van der Waals surface area (Å²) in [7, 11) is -0.523. The third-order valence-electron chi connectivity index (χ3n) is 4.61. The first-order valence-corrected chi connectivity index (χ1v) is 9.74. The highest BCUT2D eigenvalue weighted by molar-refractivity contribution is 7.89. The first kappa shape index (κ1) is 19.8. The second kappa shape index (κ2) is 7.82. The molecule has 0 aliphatic carbocycles. The third kappa shape index (κ3) is 4.38. The maximum Gasteiger partial charge on any atom is 0.253 e. The van der Waals surface area contributed by atoms with Crippen molar-refractivity contribution in [2.24, 2.45) is 0 Å². The van der Waals surface area contributed by atoms with Crippen LogP contribution in [0, 0.1) is 0 Å². The summed E-state index contributed by atoms with van der Waals surface area (Å²) in [5, 5.41) is 10.3. The largest absolute Gasteiger partial charge is 0.387 e. The highest BCUT2D eigenvalue weighted by Crippen LogP contribution is 2.27. The van der Waals surface area contributed by atoms with Crippen molar-refractivity contribution in [3.05, 3.63) is 29.8 Å². The zero-order valence-electron chi connectivity index (χ0n) is 14.9. The molecule has 0 unspecified atom stereocenters. The van der Waals surface area contributed by atoms with Gasteiger partial charge in [-0.3, -0.25) is 4.79 Å². The lowest BCUT2D eigenvalue weighted by molar-refractivity contribution is -0.0607. The van der Waals surface area contributed by atoms with Crippen LogP contribution in [0.15, 0.2) is 29.2 Å². The number of rotatable bonds is 6. The standard InChI is InChI=1S/C17H26N2O5S/c1-4-18(2)16(20)14-6-5-7-15(12-14)25(22,23)19-10-8-17(21,9-11-19)13-24-3/h5-7,12,21H,4,8-11,13H2,1-3H3. The van der Waals surface area contributed by atoms with Gasteiger partial charge in [0.05, 0.1) is 17.1 Å². The fourth-order valence-electron chi connectivity index (χ4n) is 2.86. The van der Waals surface area contributed by atoms with E-state index in [0.717, 1.165) is 0 Å². The van der Waals surface area contributed by atoms with E-state index in [4.69, 9.17) is 4.74 Å². The molecule has 7 nitrogen and oxygen atoms in total. The number of carbonyl (C=O) groups excluding carboxylic acids is 1. The number of aliphatic hydroxyl groups is 1. The van der Waals surface area contributed by atoms with Crippen LogP contribution in [-0.4, -0.2) is 74.6 Å².